The number of fused-ring (bicyclic) bond motifs is 1. The first-order chi connectivity index (χ1) is 13.0. The fourth-order valence-electron chi connectivity index (χ4n) is 2.53. The third kappa shape index (κ3) is 5.22. The Balaban J connectivity index is 1.42. The zero-order chi connectivity index (χ0) is 19.3. The summed E-state index contributed by atoms with van der Waals surface area (Å²) in [5, 5.41) is 8.77. The summed E-state index contributed by atoms with van der Waals surface area (Å²) in [5.74, 6) is 1.46. The lowest BCUT2D eigenvalue weighted by atomic mass is 10.2. The summed E-state index contributed by atoms with van der Waals surface area (Å²) in [6, 6.07) is 9.83. The van der Waals surface area contributed by atoms with Crippen LogP contribution in [0.5, 0.6) is 0 Å². The van der Waals surface area contributed by atoms with Crippen molar-refractivity contribution in [2.24, 2.45) is 4.99 Å². The molecule has 2 N–H and O–H groups in total. The fourth-order valence-corrected chi connectivity index (χ4v) is 3.33. The molecule has 0 atom stereocenters. The van der Waals surface area contributed by atoms with Crippen LogP contribution < -0.4 is 10.6 Å². The third-order valence-electron chi connectivity index (χ3n) is 3.84. The highest BCUT2D eigenvalue weighted by Gasteiger charge is 2.33. The molecule has 3 rings (SSSR count). The molecule has 0 radical (unpaired) electrons. The van der Waals surface area contributed by atoms with Crippen LogP contribution in [0.25, 0.3) is 11.0 Å². The van der Waals surface area contributed by atoms with Gasteiger partial charge in [0.1, 0.15) is 11.3 Å². The number of aromatic nitrogens is 1. The van der Waals surface area contributed by atoms with E-state index in [1.54, 1.807) is 7.05 Å². The monoisotopic (exact) mass is 396 g/mol. The second-order valence-electron chi connectivity index (χ2n) is 5.80. The van der Waals surface area contributed by atoms with Crippen LogP contribution in [0.1, 0.15) is 16.5 Å². The van der Waals surface area contributed by atoms with Crippen LogP contribution >= 0.6 is 11.3 Å². The van der Waals surface area contributed by atoms with Gasteiger partial charge in [0.25, 0.3) is 0 Å². The Hall–Kier alpha value is -2.55. The zero-order valence-electron chi connectivity index (χ0n) is 14.6. The molecule has 2 aromatic heterocycles. The van der Waals surface area contributed by atoms with Crippen LogP contribution in [-0.2, 0) is 19.0 Å². The summed E-state index contributed by atoms with van der Waals surface area (Å²) >= 11 is 1.01. The molecule has 27 heavy (non-hydrogen) atoms. The number of thiazole rings is 1. The van der Waals surface area contributed by atoms with Crippen molar-refractivity contribution in [3.05, 3.63) is 52.2 Å². The molecule has 3 aromatic rings. The summed E-state index contributed by atoms with van der Waals surface area (Å²) in [5.41, 5.74) is 0.0209. The Labute approximate surface area is 158 Å². The largest absolute Gasteiger partial charge is 0.461 e. The van der Waals surface area contributed by atoms with E-state index in [-0.39, 0.29) is 0 Å². The smallest absolute Gasteiger partial charge is 0.434 e. The van der Waals surface area contributed by atoms with Gasteiger partial charge in [0.05, 0.1) is 5.01 Å². The molecule has 5 nitrogen and oxygen atoms in total. The van der Waals surface area contributed by atoms with Gasteiger partial charge in [-0.05, 0) is 12.1 Å². The Bertz CT molecular complexity index is 884. The summed E-state index contributed by atoms with van der Waals surface area (Å²) in [6.07, 6.45) is -3.31. The minimum atomic E-state index is -4.39. The van der Waals surface area contributed by atoms with Crippen LogP contribution in [0.15, 0.2) is 45.1 Å². The van der Waals surface area contributed by atoms with Crippen molar-refractivity contribution in [3.63, 3.8) is 0 Å². The number of alkyl halides is 3. The van der Waals surface area contributed by atoms with Crippen molar-refractivity contribution in [1.82, 2.24) is 15.6 Å². The van der Waals surface area contributed by atoms with Gasteiger partial charge >= 0.3 is 6.18 Å². The minimum Gasteiger partial charge on any atom is -0.461 e. The minimum absolute atomic E-state index is 0.394. The number of halogens is 3. The topological polar surface area (TPSA) is 62.5 Å². The Kier molecular flexibility index (Phi) is 6.00. The molecule has 0 aliphatic rings. The average Bonchev–Trinajstić information content (AvgIpc) is 3.26. The lowest BCUT2D eigenvalue weighted by molar-refractivity contribution is -0.140. The molecule has 0 aliphatic heterocycles. The maximum atomic E-state index is 12.5. The molecule has 144 valence electrons. The predicted octanol–water partition coefficient (Wildman–Crippen LogP) is 3.86. The van der Waals surface area contributed by atoms with E-state index in [1.165, 1.54) is 0 Å². The molecule has 0 fully saturated rings. The van der Waals surface area contributed by atoms with Crippen LogP contribution in [0, 0.1) is 0 Å². The van der Waals surface area contributed by atoms with E-state index < -0.39 is 11.9 Å². The van der Waals surface area contributed by atoms with E-state index in [0.29, 0.717) is 36.9 Å². The van der Waals surface area contributed by atoms with Gasteiger partial charge in [0.15, 0.2) is 11.7 Å². The van der Waals surface area contributed by atoms with E-state index in [1.807, 2.05) is 30.3 Å². The number of furan rings is 1. The molecule has 0 saturated carbocycles. The SMILES string of the molecule is CN=C(NCCc1cc2ccccc2o1)NCCc1nc(C(F)(F)F)cs1. The standard InChI is InChI=1S/C18H19F3N4OS/c1-22-17(24-9-7-16-25-15(11-27-16)18(19,20)21)23-8-6-13-10-12-4-2-3-5-14(12)26-13/h2-5,10-11H,6-9H2,1H3,(H2,22,23,24). The summed E-state index contributed by atoms with van der Waals surface area (Å²) in [6.45, 7) is 1.06. The Morgan fingerprint density at radius 3 is 2.59 bits per heavy atom. The number of nitrogens with zero attached hydrogens (tertiary/aromatic N) is 2. The number of nitrogens with one attached hydrogen (secondary N) is 2. The Morgan fingerprint density at radius 1 is 1.19 bits per heavy atom. The second kappa shape index (κ2) is 8.43. The lowest BCUT2D eigenvalue weighted by Gasteiger charge is -2.10. The van der Waals surface area contributed by atoms with Gasteiger partial charge in [-0.3, -0.25) is 4.99 Å². The van der Waals surface area contributed by atoms with Gasteiger partial charge in [-0.25, -0.2) is 4.98 Å². The molecule has 9 heteroatoms. The van der Waals surface area contributed by atoms with Gasteiger partial charge in [-0.2, -0.15) is 13.2 Å². The first-order valence-corrected chi connectivity index (χ1v) is 9.27. The number of para-hydroxylation sites is 1. The zero-order valence-corrected chi connectivity index (χ0v) is 15.5. The van der Waals surface area contributed by atoms with Crippen molar-refractivity contribution < 1.29 is 17.6 Å². The first kappa shape index (κ1) is 19.2. The predicted molar refractivity (Wildman–Crippen MR) is 100 cm³/mol. The number of benzene rings is 1. The van der Waals surface area contributed by atoms with E-state index in [4.69, 9.17) is 4.42 Å². The van der Waals surface area contributed by atoms with E-state index >= 15 is 0 Å². The van der Waals surface area contributed by atoms with Gasteiger partial charge in [0.2, 0.25) is 0 Å². The molecule has 0 bridgehead atoms. The van der Waals surface area contributed by atoms with Gasteiger partial charge in [-0.1, -0.05) is 18.2 Å². The number of hydrogen-bond donors (Lipinski definition) is 2. The number of aliphatic imine (C=N–C) groups is 1. The van der Waals surface area contributed by atoms with Crippen molar-refractivity contribution in [3.8, 4) is 0 Å². The van der Waals surface area contributed by atoms with Crippen molar-refractivity contribution in [2.45, 2.75) is 19.0 Å². The molecular weight excluding hydrogens is 377 g/mol. The third-order valence-corrected chi connectivity index (χ3v) is 4.75. The van der Waals surface area contributed by atoms with Crippen LogP contribution in [-0.4, -0.2) is 31.1 Å². The first-order valence-electron chi connectivity index (χ1n) is 8.39. The number of guanidine groups is 1. The molecule has 0 saturated heterocycles. The van der Waals surface area contributed by atoms with Crippen molar-refractivity contribution >= 4 is 28.3 Å². The molecule has 0 aliphatic carbocycles. The summed E-state index contributed by atoms with van der Waals surface area (Å²) in [7, 11) is 1.64. The second-order valence-corrected chi connectivity index (χ2v) is 6.74. The van der Waals surface area contributed by atoms with E-state index in [2.05, 4.69) is 20.6 Å². The summed E-state index contributed by atoms with van der Waals surface area (Å²) < 4.78 is 43.4. The lowest BCUT2D eigenvalue weighted by Crippen LogP contribution is -2.39. The highest BCUT2D eigenvalue weighted by atomic mass is 32.1. The molecule has 2 heterocycles. The molecule has 0 spiro atoms. The van der Waals surface area contributed by atoms with E-state index in [9.17, 15) is 13.2 Å². The fraction of sp³-hybridized carbons (Fsp3) is 0.333. The summed E-state index contributed by atoms with van der Waals surface area (Å²) in [4.78, 5) is 7.71. The van der Waals surface area contributed by atoms with Crippen molar-refractivity contribution in [2.75, 3.05) is 20.1 Å². The van der Waals surface area contributed by atoms with Crippen LogP contribution in [0.2, 0.25) is 0 Å². The molecule has 1 aromatic carbocycles. The van der Waals surface area contributed by atoms with Crippen LogP contribution in [0.4, 0.5) is 13.2 Å². The van der Waals surface area contributed by atoms with Gasteiger partial charge in [-0.15, -0.1) is 11.3 Å². The van der Waals surface area contributed by atoms with E-state index in [0.717, 1.165) is 33.4 Å². The number of hydrogen-bond acceptors (Lipinski definition) is 4. The number of rotatable bonds is 6. The molecule has 0 unspecified atom stereocenters. The Morgan fingerprint density at radius 2 is 1.93 bits per heavy atom. The van der Waals surface area contributed by atoms with Gasteiger partial charge < -0.3 is 15.1 Å². The maximum Gasteiger partial charge on any atom is 0.434 e. The van der Waals surface area contributed by atoms with Crippen LogP contribution in [0.3, 0.4) is 0 Å². The van der Waals surface area contributed by atoms with Gasteiger partial charge in [0, 0.05) is 43.7 Å². The molecular formula is C18H19F3N4OS. The van der Waals surface area contributed by atoms with Crippen molar-refractivity contribution in [1.29, 1.82) is 0 Å². The highest BCUT2D eigenvalue weighted by molar-refractivity contribution is 7.09. The quantitative estimate of drug-likeness (QED) is 0.491. The average molecular weight is 396 g/mol. The molecule has 0 amide bonds. The normalized spacial score (nSPS) is 12.5. The highest BCUT2D eigenvalue weighted by Crippen LogP contribution is 2.30. The maximum absolute atomic E-state index is 12.5.